The summed E-state index contributed by atoms with van der Waals surface area (Å²) in [6, 6.07) is 7.81. The van der Waals surface area contributed by atoms with Gasteiger partial charge in [0.15, 0.2) is 5.78 Å². The second-order valence-corrected chi connectivity index (χ2v) is 31.9. The largest absolute Gasteiger partial charge is 0.444 e. The summed E-state index contributed by atoms with van der Waals surface area (Å²) in [6.45, 7) is 27.1. The SMILES string of the molecule is C=CC1C[C@]1(NC(=O)C1C([C@H](C)CCC(C)(C)C(NC(=O)NC(C(=O)C2CC2)C(C)C)C(=O)N2CCC(C(C)C)C2C(=O)NC2(C(=O)NS(=O)(=O)c3ccccc3)CC2)CCN1C(=O)[C@@H](NC(=O)OC(C)(C)C)C(C)(C)C)C(=O)NS(=O)(=O)c1ccccc1. The van der Waals surface area contributed by atoms with Gasteiger partial charge >= 0.3 is 12.1 Å². The number of sulfonamides is 2. The lowest BCUT2D eigenvalue weighted by atomic mass is 9.74. The number of rotatable bonds is 25. The quantitative estimate of drug-likeness (QED) is 0.0574. The Morgan fingerprint density at radius 3 is 1.61 bits per heavy atom. The average Bonchev–Trinajstić information content (AvgIpc) is 1.59. The van der Waals surface area contributed by atoms with Crippen molar-refractivity contribution in [1.29, 1.82) is 0 Å². The van der Waals surface area contributed by atoms with Gasteiger partial charge in [0.25, 0.3) is 31.9 Å². The zero-order valence-corrected chi connectivity index (χ0v) is 55.3. The second kappa shape index (κ2) is 26.5. The maximum atomic E-state index is 15.7. The lowest BCUT2D eigenvalue weighted by molar-refractivity contribution is -0.144. The first-order chi connectivity index (χ1) is 41.3. The fourth-order valence-electron chi connectivity index (χ4n) is 12.5. The summed E-state index contributed by atoms with van der Waals surface area (Å²) >= 11 is 0. The molecule has 10 atom stereocenters. The molecule has 9 amide bonds. The molecular weight excluding hydrogens is 1180 g/mol. The van der Waals surface area contributed by atoms with Crippen molar-refractivity contribution in [3.8, 4) is 0 Å². The van der Waals surface area contributed by atoms with Crippen molar-refractivity contribution in [2.24, 2.45) is 52.3 Å². The first kappa shape index (κ1) is 69.6. The van der Waals surface area contributed by atoms with E-state index in [0.717, 1.165) is 0 Å². The number of hydrogen-bond donors (Lipinski definition) is 7. The standard InChI is InChI=1S/C64H93N9O14S2/c1-15-41-36-64(41,57(80)71-89(85,86)43-24-20-17-21-25-43)69-53(76)48-45(30-35-73(48)54(77)50(60(7,8)9)67-59(82)87-61(10,11)12)39(6)28-31-62(13,14)51(66-58(81)65-46(38(4)5)49(74)40-26-27-40)55(78)72-34-29-44(37(2)3)47(72)52(75)68-63(32-33-63)56(79)70-88(83,84)42-22-18-16-19-23-42/h15-25,37-41,44-48,50-51H,1,26-36H2,2-14H3,(H,67,82)(H,68,75)(H,69,76)(H,70,79)(H,71,80)(H2,65,66,81)/t39-,41?,44?,45?,46?,47?,48?,50-,51?,64-/m1/s1. The van der Waals surface area contributed by atoms with Crippen molar-refractivity contribution < 1.29 is 64.7 Å². The summed E-state index contributed by atoms with van der Waals surface area (Å²) in [6.07, 6.45) is 3.26. The molecule has 2 heterocycles. The van der Waals surface area contributed by atoms with Gasteiger partial charge < -0.3 is 41.1 Å². The summed E-state index contributed by atoms with van der Waals surface area (Å²) in [4.78, 5) is 133. The molecule has 490 valence electrons. The Balaban J connectivity index is 1.19. The van der Waals surface area contributed by atoms with E-state index in [9.17, 15) is 45.6 Å². The van der Waals surface area contributed by atoms with Gasteiger partial charge in [-0.1, -0.05) is 112 Å². The van der Waals surface area contributed by atoms with Crippen LogP contribution in [0.4, 0.5) is 9.59 Å². The van der Waals surface area contributed by atoms with E-state index >= 15 is 14.4 Å². The molecule has 23 nitrogen and oxygen atoms in total. The third kappa shape index (κ3) is 16.2. The number of carbonyl (C=O) groups is 9. The third-order valence-electron chi connectivity index (χ3n) is 18.3. The smallest absolute Gasteiger partial charge is 0.408 e. The van der Waals surface area contributed by atoms with Crippen LogP contribution in [0, 0.1) is 52.3 Å². The number of ether oxygens (including phenoxy) is 1. The van der Waals surface area contributed by atoms with Crippen molar-refractivity contribution in [2.75, 3.05) is 13.1 Å². The number of urea groups is 1. The summed E-state index contributed by atoms with van der Waals surface area (Å²) in [5, 5.41) is 14.2. The maximum absolute atomic E-state index is 15.7. The highest BCUT2D eigenvalue weighted by Crippen LogP contribution is 2.47. The fourth-order valence-corrected chi connectivity index (χ4v) is 14.6. The maximum Gasteiger partial charge on any atom is 0.408 e. The van der Waals surface area contributed by atoms with Gasteiger partial charge in [-0.15, -0.1) is 6.58 Å². The van der Waals surface area contributed by atoms with E-state index in [1.165, 1.54) is 64.4 Å². The second-order valence-electron chi connectivity index (χ2n) is 28.6. The molecule has 89 heavy (non-hydrogen) atoms. The molecule has 7 N–H and O–H groups in total. The van der Waals surface area contributed by atoms with Crippen LogP contribution >= 0.6 is 0 Å². The van der Waals surface area contributed by atoms with E-state index in [2.05, 4.69) is 42.6 Å². The molecule has 0 bridgehead atoms. The molecule has 2 aromatic carbocycles. The lowest BCUT2D eigenvalue weighted by Gasteiger charge is -2.40. The topological polar surface area (TPSA) is 322 Å². The van der Waals surface area contributed by atoms with Crippen LogP contribution in [0.2, 0.25) is 0 Å². The minimum absolute atomic E-state index is 0.00629. The number of nitrogens with zero attached hydrogens (tertiary/aromatic N) is 2. The number of nitrogens with one attached hydrogen (secondary N) is 7. The predicted molar refractivity (Wildman–Crippen MR) is 331 cm³/mol. The van der Waals surface area contributed by atoms with Gasteiger partial charge in [0, 0.05) is 24.9 Å². The number of ketones is 1. The molecule has 3 aliphatic carbocycles. The van der Waals surface area contributed by atoms with Crippen LogP contribution in [0.25, 0.3) is 0 Å². The van der Waals surface area contributed by atoms with Gasteiger partial charge in [-0.3, -0.25) is 33.6 Å². The monoisotopic (exact) mass is 1280 g/mol. The Labute approximate surface area is 524 Å². The minimum Gasteiger partial charge on any atom is -0.444 e. The number of Topliss-reactive ketones (excluding diaryl/α,β-unsaturated/α-hetero) is 1. The molecule has 2 aliphatic heterocycles. The summed E-state index contributed by atoms with van der Waals surface area (Å²) < 4.78 is 63.5. The van der Waals surface area contributed by atoms with Crippen molar-refractivity contribution in [3.63, 3.8) is 0 Å². The van der Waals surface area contributed by atoms with Crippen LogP contribution in [-0.2, 0) is 58.3 Å². The number of carbonyl (C=O) groups excluding carboxylic acids is 9. The van der Waals surface area contributed by atoms with Crippen molar-refractivity contribution >= 4 is 73.4 Å². The minimum atomic E-state index is -4.42. The molecular formula is C64H93N9O14S2. The van der Waals surface area contributed by atoms with E-state index in [4.69, 9.17) is 4.74 Å². The molecule has 0 spiro atoms. The Morgan fingerprint density at radius 1 is 0.652 bits per heavy atom. The predicted octanol–water partition coefficient (Wildman–Crippen LogP) is 5.85. The van der Waals surface area contributed by atoms with Crippen LogP contribution in [0.15, 0.2) is 83.1 Å². The van der Waals surface area contributed by atoms with Gasteiger partial charge in [0.2, 0.25) is 23.6 Å². The summed E-state index contributed by atoms with van der Waals surface area (Å²) in [7, 11) is -8.73. The first-order valence-electron chi connectivity index (χ1n) is 31.0. The van der Waals surface area contributed by atoms with Crippen molar-refractivity contribution in [1.82, 2.24) is 45.8 Å². The van der Waals surface area contributed by atoms with Gasteiger partial charge in [0.05, 0.1) is 15.8 Å². The Hall–Kier alpha value is -6.89. The highest BCUT2D eigenvalue weighted by molar-refractivity contribution is 7.90. The number of alkyl carbamates (subject to hydrolysis) is 1. The number of amides is 9. The van der Waals surface area contributed by atoms with E-state index in [-0.39, 0.29) is 84.9 Å². The van der Waals surface area contributed by atoms with Gasteiger partial charge in [-0.25, -0.2) is 35.9 Å². The fraction of sp³-hybridized carbons (Fsp3) is 0.641. The van der Waals surface area contributed by atoms with E-state index in [1.54, 1.807) is 67.5 Å². The summed E-state index contributed by atoms with van der Waals surface area (Å²) in [5.74, 6) is -7.69. The Kier molecular flexibility index (Phi) is 20.7. The van der Waals surface area contributed by atoms with Crippen molar-refractivity contribution in [3.05, 3.63) is 73.3 Å². The lowest BCUT2D eigenvalue weighted by Crippen LogP contribution is -2.63. The van der Waals surface area contributed by atoms with E-state index < -0.39 is 149 Å². The van der Waals surface area contributed by atoms with E-state index in [1.807, 2.05) is 34.6 Å². The normalized spacial score (nSPS) is 23.8. The van der Waals surface area contributed by atoms with Crippen LogP contribution in [0.3, 0.4) is 0 Å². The van der Waals surface area contributed by atoms with Gasteiger partial charge in [-0.2, -0.15) is 0 Å². The zero-order chi connectivity index (χ0) is 66.1. The average molecular weight is 1280 g/mol. The first-order valence-corrected chi connectivity index (χ1v) is 34.0. The van der Waals surface area contributed by atoms with Gasteiger partial charge in [0.1, 0.15) is 40.8 Å². The number of likely N-dealkylation sites (tertiary alicyclic amines) is 2. The molecule has 7 rings (SSSR count). The third-order valence-corrected chi connectivity index (χ3v) is 21.0. The molecule has 2 aromatic rings. The van der Waals surface area contributed by atoms with Gasteiger partial charge in [-0.05, 0) is 143 Å². The van der Waals surface area contributed by atoms with Crippen LogP contribution in [0.1, 0.15) is 148 Å². The highest BCUT2D eigenvalue weighted by atomic mass is 32.2. The Morgan fingerprint density at radius 2 is 1.15 bits per heavy atom. The van der Waals surface area contributed by atoms with Crippen molar-refractivity contribution in [2.45, 2.75) is 204 Å². The molecule has 0 radical (unpaired) electrons. The highest BCUT2D eigenvalue weighted by Gasteiger charge is 2.62. The molecule has 25 heteroatoms. The molecule has 3 saturated carbocycles. The molecule has 7 unspecified atom stereocenters. The van der Waals surface area contributed by atoms with Crippen LogP contribution < -0.4 is 36.0 Å². The van der Waals surface area contributed by atoms with E-state index in [0.29, 0.717) is 19.3 Å². The molecule has 0 aromatic heterocycles. The number of hydrogen-bond acceptors (Lipinski definition) is 14. The Bertz CT molecular complexity index is 3270. The summed E-state index contributed by atoms with van der Waals surface area (Å²) in [5.41, 5.74) is -6.41. The van der Waals surface area contributed by atoms with Crippen LogP contribution in [-0.4, -0.2) is 140 Å². The molecule has 2 saturated heterocycles. The zero-order valence-electron chi connectivity index (χ0n) is 53.7. The molecule has 5 aliphatic rings. The number of benzene rings is 2. The van der Waals surface area contributed by atoms with Crippen LogP contribution in [0.5, 0.6) is 0 Å². The molecule has 5 fully saturated rings.